The molecule has 0 saturated heterocycles. The van der Waals surface area contributed by atoms with E-state index in [1.165, 1.54) is 11.1 Å². The highest BCUT2D eigenvalue weighted by atomic mass is 16.3. The van der Waals surface area contributed by atoms with Crippen LogP contribution >= 0.6 is 0 Å². The summed E-state index contributed by atoms with van der Waals surface area (Å²) in [6.07, 6.45) is 2.59. The molecule has 0 bridgehead atoms. The lowest BCUT2D eigenvalue weighted by Gasteiger charge is -2.08. The van der Waals surface area contributed by atoms with Crippen molar-refractivity contribution in [2.45, 2.75) is 12.5 Å². The first kappa shape index (κ1) is 15.3. The van der Waals surface area contributed by atoms with Crippen LogP contribution in [0.3, 0.4) is 0 Å². The van der Waals surface area contributed by atoms with Gasteiger partial charge < -0.3 is 21.1 Å². The molecule has 5 heteroatoms. The fourth-order valence-electron chi connectivity index (χ4n) is 2.53. The van der Waals surface area contributed by atoms with Gasteiger partial charge in [0.2, 0.25) is 5.91 Å². The van der Waals surface area contributed by atoms with E-state index >= 15 is 0 Å². The highest BCUT2D eigenvalue weighted by Crippen LogP contribution is 2.25. The van der Waals surface area contributed by atoms with Crippen molar-refractivity contribution in [3.63, 3.8) is 0 Å². The number of fused-ring (bicyclic) bond motifs is 1. The molecule has 0 radical (unpaired) electrons. The van der Waals surface area contributed by atoms with Crippen LogP contribution in [0.25, 0.3) is 10.9 Å². The highest BCUT2D eigenvalue weighted by Gasteiger charge is 2.14. The number of hydrogen-bond acceptors (Lipinski definition) is 3. The third kappa shape index (κ3) is 3.41. The SMILES string of the molecule is NC(CO)C(=O)Nc1c[nH]c2cc(Cc3ccccc3)ccc12. The van der Waals surface area contributed by atoms with E-state index in [1.807, 2.05) is 30.3 Å². The zero-order valence-corrected chi connectivity index (χ0v) is 12.6. The van der Waals surface area contributed by atoms with Crippen LogP contribution in [-0.2, 0) is 11.2 Å². The van der Waals surface area contributed by atoms with E-state index in [4.69, 9.17) is 10.8 Å². The average molecular weight is 309 g/mol. The number of rotatable bonds is 5. The predicted molar refractivity (Wildman–Crippen MR) is 91.2 cm³/mol. The number of nitrogens with two attached hydrogens (primary N) is 1. The number of anilines is 1. The minimum atomic E-state index is -0.919. The Hall–Kier alpha value is -2.63. The second-order valence-corrected chi connectivity index (χ2v) is 5.52. The van der Waals surface area contributed by atoms with E-state index in [1.54, 1.807) is 6.20 Å². The molecule has 0 aliphatic carbocycles. The van der Waals surface area contributed by atoms with E-state index in [2.05, 4.69) is 28.5 Å². The summed E-state index contributed by atoms with van der Waals surface area (Å²) in [6.45, 7) is -0.380. The van der Waals surface area contributed by atoms with Gasteiger partial charge in [-0.15, -0.1) is 0 Å². The van der Waals surface area contributed by atoms with Gasteiger partial charge in [-0.25, -0.2) is 0 Å². The second-order valence-electron chi connectivity index (χ2n) is 5.52. The van der Waals surface area contributed by atoms with Gasteiger partial charge in [-0.05, 0) is 23.6 Å². The summed E-state index contributed by atoms with van der Waals surface area (Å²) in [5, 5.41) is 12.6. The standard InChI is InChI=1S/C18H19N3O2/c19-15(11-22)18(23)21-17-10-20-16-9-13(6-7-14(16)17)8-12-4-2-1-3-5-12/h1-7,9-10,15,20,22H,8,11,19H2,(H,21,23). The molecule has 0 saturated carbocycles. The van der Waals surface area contributed by atoms with E-state index in [0.29, 0.717) is 5.69 Å². The van der Waals surface area contributed by atoms with Crippen molar-refractivity contribution in [1.29, 1.82) is 0 Å². The molecule has 23 heavy (non-hydrogen) atoms. The van der Waals surface area contributed by atoms with Gasteiger partial charge in [-0.2, -0.15) is 0 Å². The smallest absolute Gasteiger partial charge is 0.243 e. The Balaban J connectivity index is 1.81. The molecule has 1 unspecified atom stereocenters. The van der Waals surface area contributed by atoms with Crippen LogP contribution < -0.4 is 11.1 Å². The summed E-state index contributed by atoms with van der Waals surface area (Å²) in [5.74, 6) is -0.401. The normalized spacial score (nSPS) is 12.3. The maximum atomic E-state index is 11.8. The molecule has 0 spiro atoms. The third-order valence-electron chi connectivity index (χ3n) is 3.79. The fraction of sp³-hybridized carbons (Fsp3) is 0.167. The van der Waals surface area contributed by atoms with Crippen LogP contribution in [0, 0.1) is 0 Å². The Morgan fingerprint density at radius 1 is 1.17 bits per heavy atom. The zero-order chi connectivity index (χ0) is 16.2. The van der Waals surface area contributed by atoms with Crippen molar-refractivity contribution in [3.05, 3.63) is 65.9 Å². The van der Waals surface area contributed by atoms with Crippen LogP contribution in [0.5, 0.6) is 0 Å². The maximum absolute atomic E-state index is 11.8. The van der Waals surface area contributed by atoms with Crippen LogP contribution in [0.15, 0.2) is 54.7 Å². The molecule has 2 aromatic carbocycles. The zero-order valence-electron chi connectivity index (χ0n) is 12.6. The molecule has 3 rings (SSSR count). The van der Waals surface area contributed by atoms with Crippen molar-refractivity contribution in [3.8, 4) is 0 Å². The van der Waals surface area contributed by atoms with Crippen molar-refractivity contribution >= 4 is 22.5 Å². The number of aliphatic hydroxyl groups is 1. The summed E-state index contributed by atoms with van der Waals surface area (Å²) in [4.78, 5) is 14.9. The molecule has 0 aliphatic rings. The number of amides is 1. The lowest BCUT2D eigenvalue weighted by molar-refractivity contribution is -0.118. The van der Waals surface area contributed by atoms with E-state index in [-0.39, 0.29) is 6.61 Å². The molecule has 1 atom stereocenters. The monoisotopic (exact) mass is 309 g/mol. The van der Waals surface area contributed by atoms with Crippen LogP contribution in [0.1, 0.15) is 11.1 Å². The van der Waals surface area contributed by atoms with Gasteiger partial charge in [0.25, 0.3) is 0 Å². The number of nitrogens with one attached hydrogen (secondary N) is 2. The minimum absolute atomic E-state index is 0.380. The number of benzene rings is 2. The van der Waals surface area contributed by atoms with Gasteiger partial charge in [-0.3, -0.25) is 4.79 Å². The van der Waals surface area contributed by atoms with E-state index < -0.39 is 11.9 Å². The summed E-state index contributed by atoms with van der Waals surface area (Å²) < 4.78 is 0. The average Bonchev–Trinajstić information content (AvgIpc) is 2.97. The first-order chi connectivity index (χ1) is 11.2. The quantitative estimate of drug-likeness (QED) is 0.581. The Morgan fingerprint density at radius 3 is 2.70 bits per heavy atom. The molecule has 5 nitrogen and oxygen atoms in total. The lowest BCUT2D eigenvalue weighted by atomic mass is 10.0. The fourth-order valence-corrected chi connectivity index (χ4v) is 2.53. The molecule has 118 valence electrons. The molecule has 0 fully saturated rings. The molecule has 3 aromatic rings. The number of carbonyl (C=O) groups is 1. The van der Waals surface area contributed by atoms with Gasteiger partial charge in [-0.1, -0.05) is 42.5 Å². The number of aromatic nitrogens is 1. The Kier molecular flexibility index (Phi) is 4.41. The van der Waals surface area contributed by atoms with Gasteiger partial charge in [0.15, 0.2) is 0 Å². The summed E-state index contributed by atoms with van der Waals surface area (Å²) in [6, 6.07) is 15.4. The molecule has 0 aliphatic heterocycles. The van der Waals surface area contributed by atoms with Crippen molar-refractivity contribution < 1.29 is 9.90 Å². The van der Waals surface area contributed by atoms with Crippen molar-refractivity contribution in [2.24, 2.45) is 5.73 Å². The van der Waals surface area contributed by atoms with Gasteiger partial charge in [0.05, 0.1) is 12.3 Å². The Bertz CT molecular complexity index is 812. The van der Waals surface area contributed by atoms with Crippen molar-refractivity contribution in [1.82, 2.24) is 4.98 Å². The van der Waals surface area contributed by atoms with Gasteiger partial charge in [0, 0.05) is 17.1 Å². The van der Waals surface area contributed by atoms with E-state index in [0.717, 1.165) is 17.3 Å². The topological polar surface area (TPSA) is 91.1 Å². The molecule has 5 N–H and O–H groups in total. The van der Waals surface area contributed by atoms with Crippen LogP contribution in [-0.4, -0.2) is 28.6 Å². The Labute approximate surface area is 134 Å². The Morgan fingerprint density at radius 2 is 1.96 bits per heavy atom. The first-order valence-corrected chi connectivity index (χ1v) is 7.48. The first-order valence-electron chi connectivity index (χ1n) is 7.48. The summed E-state index contributed by atoms with van der Waals surface area (Å²) >= 11 is 0. The van der Waals surface area contributed by atoms with Crippen molar-refractivity contribution in [2.75, 3.05) is 11.9 Å². The number of aliphatic hydroxyl groups excluding tert-OH is 1. The molecule has 1 amide bonds. The van der Waals surface area contributed by atoms with Gasteiger partial charge >= 0.3 is 0 Å². The highest BCUT2D eigenvalue weighted by molar-refractivity contribution is 6.03. The number of aromatic amines is 1. The minimum Gasteiger partial charge on any atom is -0.394 e. The third-order valence-corrected chi connectivity index (χ3v) is 3.79. The molecule has 1 heterocycles. The molecular formula is C18H19N3O2. The second kappa shape index (κ2) is 6.64. The van der Waals surface area contributed by atoms with Crippen LogP contribution in [0.4, 0.5) is 5.69 Å². The number of carbonyl (C=O) groups excluding carboxylic acids is 1. The lowest BCUT2D eigenvalue weighted by Crippen LogP contribution is -2.38. The summed E-state index contributed by atoms with van der Waals surface area (Å²) in [7, 11) is 0. The molecule has 1 aromatic heterocycles. The summed E-state index contributed by atoms with van der Waals surface area (Å²) in [5.41, 5.74) is 9.57. The predicted octanol–water partition coefficient (Wildman–Crippen LogP) is 2.02. The number of hydrogen-bond donors (Lipinski definition) is 4. The maximum Gasteiger partial charge on any atom is 0.243 e. The number of H-pyrrole nitrogens is 1. The van der Waals surface area contributed by atoms with Crippen LogP contribution in [0.2, 0.25) is 0 Å². The van der Waals surface area contributed by atoms with Gasteiger partial charge in [0.1, 0.15) is 6.04 Å². The van der Waals surface area contributed by atoms with E-state index in [9.17, 15) is 4.79 Å². The molecular weight excluding hydrogens is 290 g/mol. The largest absolute Gasteiger partial charge is 0.394 e.